The summed E-state index contributed by atoms with van der Waals surface area (Å²) in [5, 5.41) is 12.6. The standard InChI is InChI=1S/C26H32N4O4S2/c1-15(2)34-25(32)23-19-8-6-7-9-20(19)36-24(23)27-22(31)14-35-26-29-28-21(30(26)5)13-33-18-11-16(3)10-17(4)12-18/h10-12,15H,6-9,13-14H2,1-5H3,(H,27,31). The van der Waals surface area contributed by atoms with E-state index in [4.69, 9.17) is 9.47 Å². The monoisotopic (exact) mass is 528 g/mol. The van der Waals surface area contributed by atoms with Crippen molar-refractivity contribution in [3.8, 4) is 5.75 Å². The maximum atomic E-state index is 12.8. The van der Waals surface area contributed by atoms with Crippen molar-refractivity contribution >= 4 is 40.0 Å². The fourth-order valence-electron chi connectivity index (χ4n) is 4.20. The van der Waals surface area contributed by atoms with Crippen molar-refractivity contribution in [2.45, 2.75) is 71.2 Å². The van der Waals surface area contributed by atoms with Crippen LogP contribution in [0.15, 0.2) is 23.4 Å². The summed E-state index contributed by atoms with van der Waals surface area (Å²) in [7, 11) is 1.85. The number of nitrogens with one attached hydrogen (secondary N) is 1. The molecule has 0 unspecified atom stereocenters. The van der Waals surface area contributed by atoms with E-state index in [1.165, 1.54) is 28.0 Å². The van der Waals surface area contributed by atoms with E-state index in [1.807, 2.05) is 51.4 Å². The number of esters is 1. The number of aromatic nitrogens is 3. The van der Waals surface area contributed by atoms with Crippen LogP contribution in [-0.2, 0) is 36.0 Å². The minimum Gasteiger partial charge on any atom is -0.486 e. The highest BCUT2D eigenvalue weighted by Crippen LogP contribution is 2.39. The third-order valence-corrected chi connectivity index (χ3v) is 8.02. The van der Waals surface area contributed by atoms with Gasteiger partial charge in [-0.3, -0.25) is 4.79 Å². The highest BCUT2D eigenvalue weighted by atomic mass is 32.2. The predicted octanol–water partition coefficient (Wildman–Crippen LogP) is 5.25. The zero-order chi connectivity index (χ0) is 25.8. The highest BCUT2D eigenvalue weighted by molar-refractivity contribution is 7.99. The Kier molecular flexibility index (Phi) is 8.35. The van der Waals surface area contributed by atoms with E-state index in [0.29, 0.717) is 21.5 Å². The first-order valence-corrected chi connectivity index (χ1v) is 13.9. The molecule has 2 aromatic heterocycles. The van der Waals surface area contributed by atoms with Crippen molar-refractivity contribution in [1.29, 1.82) is 0 Å². The predicted molar refractivity (Wildman–Crippen MR) is 142 cm³/mol. The molecule has 3 aromatic rings. The average molecular weight is 529 g/mol. The van der Waals surface area contributed by atoms with Crippen molar-refractivity contribution < 1.29 is 19.1 Å². The Bertz CT molecular complexity index is 1240. The Morgan fingerprint density at radius 1 is 1.14 bits per heavy atom. The van der Waals surface area contributed by atoms with Crippen LogP contribution in [0.1, 0.15) is 64.4 Å². The Labute approximate surface area is 219 Å². The lowest BCUT2D eigenvalue weighted by Gasteiger charge is -2.14. The summed E-state index contributed by atoms with van der Waals surface area (Å²) in [5.41, 5.74) is 3.82. The zero-order valence-corrected chi connectivity index (χ0v) is 23.0. The summed E-state index contributed by atoms with van der Waals surface area (Å²) in [6, 6.07) is 6.06. The molecule has 36 heavy (non-hydrogen) atoms. The lowest BCUT2D eigenvalue weighted by Crippen LogP contribution is -2.19. The molecule has 0 bridgehead atoms. The third kappa shape index (κ3) is 6.28. The molecule has 1 N–H and O–H groups in total. The van der Waals surface area contributed by atoms with Crippen LogP contribution in [0.5, 0.6) is 5.75 Å². The van der Waals surface area contributed by atoms with Gasteiger partial charge < -0.3 is 19.4 Å². The van der Waals surface area contributed by atoms with Crippen LogP contribution in [0, 0.1) is 13.8 Å². The number of aryl methyl sites for hydroxylation is 3. The summed E-state index contributed by atoms with van der Waals surface area (Å²) in [4.78, 5) is 26.8. The lowest BCUT2D eigenvalue weighted by molar-refractivity contribution is -0.113. The van der Waals surface area contributed by atoms with E-state index in [-0.39, 0.29) is 30.3 Å². The first-order chi connectivity index (χ1) is 17.2. The van der Waals surface area contributed by atoms with Crippen molar-refractivity contribution in [3.05, 3.63) is 51.2 Å². The van der Waals surface area contributed by atoms with E-state index in [0.717, 1.165) is 48.1 Å². The summed E-state index contributed by atoms with van der Waals surface area (Å²) in [5.74, 6) is 1.03. The Morgan fingerprint density at radius 3 is 2.58 bits per heavy atom. The molecule has 0 fully saturated rings. The van der Waals surface area contributed by atoms with Gasteiger partial charge in [0, 0.05) is 11.9 Å². The van der Waals surface area contributed by atoms with Crippen LogP contribution in [0.25, 0.3) is 0 Å². The first-order valence-electron chi connectivity index (χ1n) is 12.1. The van der Waals surface area contributed by atoms with Gasteiger partial charge in [-0.1, -0.05) is 17.8 Å². The number of nitrogens with zero attached hydrogens (tertiary/aromatic N) is 3. The largest absolute Gasteiger partial charge is 0.486 e. The van der Waals surface area contributed by atoms with Crippen LogP contribution in [0.2, 0.25) is 0 Å². The molecule has 2 heterocycles. The number of fused-ring (bicyclic) bond motifs is 1. The van der Waals surface area contributed by atoms with Crippen LogP contribution < -0.4 is 10.1 Å². The number of rotatable bonds is 9. The molecule has 4 rings (SSSR count). The van der Waals surface area contributed by atoms with E-state index >= 15 is 0 Å². The molecule has 1 aromatic carbocycles. The van der Waals surface area contributed by atoms with Crippen LogP contribution in [-0.4, -0.2) is 38.5 Å². The van der Waals surface area contributed by atoms with Gasteiger partial charge >= 0.3 is 5.97 Å². The van der Waals surface area contributed by atoms with E-state index in [9.17, 15) is 9.59 Å². The summed E-state index contributed by atoms with van der Waals surface area (Å²) >= 11 is 2.78. The van der Waals surface area contributed by atoms with Crippen LogP contribution >= 0.6 is 23.1 Å². The molecule has 1 amide bonds. The smallest absolute Gasteiger partial charge is 0.341 e. The van der Waals surface area contributed by atoms with Gasteiger partial charge in [-0.2, -0.15) is 0 Å². The summed E-state index contributed by atoms with van der Waals surface area (Å²) < 4.78 is 13.2. The van der Waals surface area contributed by atoms with Gasteiger partial charge in [0.1, 0.15) is 17.4 Å². The molecular weight excluding hydrogens is 496 g/mol. The molecule has 1 aliphatic rings. The number of thiophene rings is 1. The number of anilines is 1. The first kappa shape index (κ1) is 26.2. The molecular formula is C26H32N4O4S2. The van der Waals surface area contributed by atoms with Crippen molar-refractivity contribution in [2.24, 2.45) is 7.05 Å². The van der Waals surface area contributed by atoms with Crippen LogP contribution in [0.4, 0.5) is 5.00 Å². The number of amides is 1. The number of carbonyl (C=O) groups excluding carboxylic acids is 2. The second-order valence-electron chi connectivity index (χ2n) is 9.28. The zero-order valence-electron chi connectivity index (χ0n) is 21.3. The van der Waals surface area contributed by atoms with Gasteiger partial charge in [0.2, 0.25) is 5.91 Å². The number of hydrogen-bond acceptors (Lipinski definition) is 8. The maximum Gasteiger partial charge on any atom is 0.341 e. The normalized spacial score (nSPS) is 12.9. The summed E-state index contributed by atoms with van der Waals surface area (Å²) in [6.45, 7) is 8.00. The molecule has 0 atom stereocenters. The number of carbonyl (C=O) groups is 2. The maximum absolute atomic E-state index is 12.8. The van der Waals surface area contributed by atoms with Gasteiger partial charge in [-0.25, -0.2) is 4.79 Å². The molecule has 0 saturated carbocycles. The van der Waals surface area contributed by atoms with E-state index < -0.39 is 0 Å². The molecule has 0 aliphatic heterocycles. The van der Waals surface area contributed by atoms with Gasteiger partial charge in [-0.15, -0.1) is 21.5 Å². The molecule has 0 saturated heterocycles. The Balaban J connectivity index is 1.38. The summed E-state index contributed by atoms with van der Waals surface area (Å²) in [6.07, 6.45) is 3.68. The van der Waals surface area contributed by atoms with Gasteiger partial charge in [0.15, 0.2) is 11.0 Å². The van der Waals surface area contributed by atoms with Crippen LogP contribution in [0.3, 0.4) is 0 Å². The van der Waals surface area contributed by atoms with Gasteiger partial charge in [-0.05, 0) is 82.2 Å². The van der Waals surface area contributed by atoms with Gasteiger partial charge in [0.05, 0.1) is 17.4 Å². The van der Waals surface area contributed by atoms with Crippen molar-refractivity contribution in [3.63, 3.8) is 0 Å². The number of thioether (sulfide) groups is 1. The minimum absolute atomic E-state index is 0.144. The Morgan fingerprint density at radius 2 is 1.86 bits per heavy atom. The molecule has 10 heteroatoms. The topological polar surface area (TPSA) is 95.3 Å². The number of ether oxygens (including phenoxy) is 2. The SMILES string of the molecule is Cc1cc(C)cc(OCc2nnc(SCC(=O)Nc3sc4c(c3C(=O)OC(C)C)CCCC4)n2C)c1. The van der Waals surface area contributed by atoms with E-state index in [2.05, 4.69) is 21.6 Å². The molecule has 192 valence electrons. The van der Waals surface area contributed by atoms with Gasteiger partial charge in [0.25, 0.3) is 0 Å². The molecule has 0 radical (unpaired) electrons. The quantitative estimate of drug-likeness (QED) is 0.299. The molecule has 1 aliphatic carbocycles. The second kappa shape index (κ2) is 11.5. The fraction of sp³-hybridized carbons (Fsp3) is 0.462. The van der Waals surface area contributed by atoms with E-state index in [1.54, 1.807) is 0 Å². The molecule has 0 spiro atoms. The number of benzene rings is 1. The van der Waals surface area contributed by atoms with Crippen molar-refractivity contribution in [2.75, 3.05) is 11.1 Å². The minimum atomic E-state index is -0.367. The second-order valence-corrected chi connectivity index (χ2v) is 11.3. The average Bonchev–Trinajstić information content (AvgIpc) is 3.34. The number of hydrogen-bond donors (Lipinski definition) is 1. The highest BCUT2D eigenvalue weighted by Gasteiger charge is 2.28. The fourth-order valence-corrected chi connectivity index (χ4v) is 6.22. The lowest BCUT2D eigenvalue weighted by atomic mass is 9.95. The third-order valence-electron chi connectivity index (χ3n) is 5.79. The Hall–Kier alpha value is -2.85. The van der Waals surface area contributed by atoms with Crippen molar-refractivity contribution in [1.82, 2.24) is 14.8 Å². The molecule has 8 nitrogen and oxygen atoms in total.